The number of carbonyl (C=O) groups is 2. The molecular formula is C21H19N3O3S. The SMILES string of the molecule is C#CCNC(=O)CNC(=O)Cc1nc2cc(OC)c(-c3ccccc3)cc2s1. The Bertz CT molecular complexity index is 1040. The van der Waals surface area contributed by atoms with Gasteiger partial charge in [0, 0.05) is 11.6 Å². The van der Waals surface area contributed by atoms with Crippen LogP contribution in [0.25, 0.3) is 21.3 Å². The summed E-state index contributed by atoms with van der Waals surface area (Å²) < 4.78 is 6.49. The number of nitrogens with one attached hydrogen (secondary N) is 2. The first-order chi connectivity index (χ1) is 13.6. The van der Waals surface area contributed by atoms with E-state index in [1.54, 1.807) is 7.11 Å². The summed E-state index contributed by atoms with van der Waals surface area (Å²) in [5.74, 6) is 2.43. The minimum Gasteiger partial charge on any atom is -0.496 e. The first kappa shape index (κ1) is 19.4. The Morgan fingerprint density at radius 2 is 1.96 bits per heavy atom. The van der Waals surface area contributed by atoms with Gasteiger partial charge in [-0.25, -0.2) is 4.98 Å². The fourth-order valence-corrected chi connectivity index (χ4v) is 3.67. The molecule has 1 aromatic heterocycles. The molecule has 28 heavy (non-hydrogen) atoms. The maximum absolute atomic E-state index is 12.1. The van der Waals surface area contributed by atoms with Crippen molar-refractivity contribution >= 4 is 33.4 Å². The Kier molecular flexibility index (Phi) is 6.25. The summed E-state index contributed by atoms with van der Waals surface area (Å²) in [4.78, 5) is 28.1. The summed E-state index contributed by atoms with van der Waals surface area (Å²) >= 11 is 1.45. The van der Waals surface area contributed by atoms with Gasteiger partial charge in [0.15, 0.2) is 0 Å². The van der Waals surface area contributed by atoms with Crippen molar-refractivity contribution in [2.75, 3.05) is 20.2 Å². The van der Waals surface area contributed by atoms with Crippen LogP contribution in [0, 0.1) is 12.3 Å². The largest absolute Gasteiger partial charge is 0.496 e. The van der Waals surface area contributed by atoms with E-state index >= 15 is 0 Å². The number of hydrogen-bond donors (Lipinski definition) is 2. The van der Waals surface area contributed by atoms with Gasteiger partial charge in [0.05, 0.1) is 36.8 Å². The average molecular weight is 393 g/mol. The Hall–Kier alpha value is -3.37. The number of carbonyl (C=O) groups excluding carboxylic acids is 2. The molecule has 0 aliphatic heterocycles. The van der Waals surface area contributed by atoms with E-state index in [1.165, 1.54) is 11.3 Å². The first-order valence-electron chi connectivity index (χ1n) is 8.60. The molecule has 0 saturated carbocycles. The van der Waals surface area contributed by atoms with Gasteiger partial charge in [-0.15, -0.1) is 17.8 Å². The fraction of sp³-hybridized carbons (Fsp3) is 0.190. The van der Waals surface area contributed by atoms with Crippen molar-refractivity contribution in [2.45, 2.75) is 6.42 Å². The molecule has 3 aromatic rings. The van der Waals surface area contributed by atoms with E-state index in [0.717, 1.165) is 27.1 Å². The van der Waals surface area contributed by atoms with Gasteiger partial charge in [-0.2, -0.15) is 0 Å². The minimum atomic E-state index is -0.326. The number of amides is 2. The number of fused-ring (bicyclic) bond motifs is 1. The van der Waals surface area contributed by atoms with E-state index in [1.807, 2.05) is 42.5 Å². The van der Waals surface area contributed by atoms with Gasteiger partial charge in [0.1, 0.15) is 10.8 Å². The van der Waals surface area contributed by atoms with Crippen LogP contribution >= 0.6 is 11.3 Å². The summed E-state index contributed by atoms with van der Waals surface area (Å²) in [6, 6.07) is 13.8. The minimum absolute atomic E-state index is 0.102. The number of terminal acetylenes is 1. The summed E-state index contributed by atoms with van der Waals surface area (Å²) in [6.45, 7) is 0.0234. The number of rotatable bonds is 7. The second-order valence-electron chi connectivity index (χ2n) is 5.93. The van der Waals surface area contributed by atoms with Gasteiger partial charge < -0.3 is 15.4 Å². The summed E-state index contributed by atoms with van der Waals surface area (Å²) in [7, 11) is 1.62. The van der Waals surface area contributed by atoms with Crippen LogP contribution in [0.15, 0.2) is 42.5 Å². The Morgan fingerprint density at radius 3 is 2.68 bits per heavy atom. The number of hydrogen-bond acceptors (Lipinski definition) is 5. The smallest absolute Gasteiger partial charge is 0.240 e. The van der Waals surface area contributed by atoms with Crippen LogP contribution in [0.5, 0.6) is 5.75 Å². The highest BCUT2D eigenvalue weighted by Gasteiger charge is 2.14. The summed E-state index contributed by atoms with van der Waals surface area (Å²) in [6.07, 6.45) is 5.17. The molecule has 0 saturated heterocycles. The van der Waals surface area contributed by atoms with Crippen molar-refractivity contribution in [1.82, 2.24) is 15.6 Å². The normalized spacial score (nSPS) is 10.3. The monoisotopic (exact) mass is 393 g/mol. The molecule has 6 nitrogen and oxygen atoms in total. The molecule has 2 N–H and O–H groups in total. The molecular weight excluding hydrogens is 374 g/mol. The van der Waals surface area contributed by atoms with Crippen LogP contribution < -0.4 is 15.4 Å². The van der Waals surface area contributed by atoms with E-state index in [0.29, 0.717) is 5.01 Å². The zero-order valence-electron chi connectivity index (χ0n) is 15.3. The van der Waals surface area contributed by atoms with Gasteiger partial charge in [-0.1, -0.05) is 36.3 Å². The quantitative estimate of drug-likeness (QED) is 0.604. The number of benzene rings is 2. The molecule has 0 bridgehead atoms. The Morgan fingerprint density at radius 1 is 1.18 bits per heavy atom. The molecule has 0 aliphatic carbocycles. The maximum Gasteiger partial charge on any atom is 0.240 e. The molecule has 1 heterocycles. The van der Waals surface area contributed by atoms with Gasteiger partial charge in [0.2, 0.25) is 11.8 Å². The third-order valence-corrected chi connectivity index (χ3v) is 5.00. The lowest BCUT2D eigenvalue weighted by Gasteiger charge is -2.08. The van der Waals surface area contributed by atoms with Crippen molar-refractivity contribution in [2.24, 2.45) is 0 Å². The van der Waals surface area contributed by atoms with Crippen molar-refractivity contribution < 1.29 is 14.3 Å². The second-order valence-corrected chi connectivity index (χ2v) is 7.04. The van der Waals surface area contributed by atoms with Gasteiger partial charge in [-0.3, -0.25) is 9.59 Å². The van der Waals surface area contributed by atoms with Crippen molar-refractivity contribution in [3.05, 3.63) is 47.5 Å². The standard InChI is InChI=1S/C21H19N3O3S/c1-3-9-22-20(26)13-23-19(25)12-21-24-16-11-17(27-2)15(10-18(16)28-21)14-7-5-4-6-8-14/h1,4-8,10-11H,9,12-13H2,2H3,(H,22,26)(H,23,25). The van der Waals surface area contributed by atoms with Crippen LogP contribution in [0.1, 0.15) is 5.01 Å². The molecule has 2 amide bonds. The van der Waals surface area contributed by atoms with E-state index in [4.69, 9.17) is 11.2 Å². The number of aromatic nitrogens is 1. The highest BCUT2D eigenvalue weighted by molar-refractivity contribution is 7.18. The third-order valence-electron chi connectivity index (χ3n) is 3.98. The molecule has 0 aliphatic rings. The Balaban J connectivity index is 1.74. The van der Waals surface area contributed by atoms with Crippen LogP contribution in [0.4, 0.5) is 0 Å². The molecule has 0 fully saturated rings. The maximum atomic E-state index is 12.1. The molecule has 0 unspecified atom stereocenters. The topological polar surface area (TPSA) is 80.3 Å². The predicted octanol–water partition coefficient (Wildman–Crippen LogP) is 2.38. The highest BCUT2D eigenvalue weighted by Crippen LogP contribution is 2.36. The first-order valence-corrected chi connectivity index (χ1v) is 9.42. The van der Waals surface area contributed by atoms with Crippen molar-refractivity contribution in [1.29, 1.82) is 0 Å². The predicted molar refractivity (Wildman–Crippen MR) is 110 cm³/mol. The van der Waals surface area contributed by atoms with E-state index in [-0.39, 0.29) is 31.3 Å². The molecule has 2 aromatic carbocycles. The van der Waals surface area contributed by atoms with Crippen molar-refractivity contribution in [3.8, 4) is 29.2 Å². The lowest BCUT2D eigenvalue weighted by molar-refractivity contribution is -0.125. The van der Waals surface area contributed by atoms with Crippen molar-refractivity contribution in [3.63, 3.8) is 0 Å². The molecule has 3 rings (SSSR count). The van der Waals surface area contributed by atoms with E-state index in [2.05, 4.69) is 21.5 Å². The summed E-state index contributed by atoms with van der Waals surface area (Å²) in [5, 5.41) is 5.73. The molecule has 0 atom stereocenters. The van der Waals surface area contributed by atoms with Crippen LogP contribution in [-0.4, -0.2) is 37.0 Å². The number of thiazole rings is 1. The number of nitrogens with zero attached hydrogens (tertiary/aromatic N) is 1. The second kappa shape index (κ2) is 9.02. The summed E-state index contributed by atoms with van der Waals surface area (Å²) in [5.41, 5.74) is 2.79. The Labute approximate surface area is 166 Å². The third kappa shape index (κ3) is 4.67. The zero-order chi connectivity index (χ0) is 19.9. The van der Waals surface area contributed by atoms with Crippen LogP contribution in [0.2, 0.25) is 0 Å². The lowest BCUT2D eigenvalue weighted by Crippen LogP contribution is -2.37. The number of ether oxygens (including phenoxy) is 1. The van der Waals surface area contributed by atoms with Crippen LogP contribution in [0.3, 0.4) is 0 Å². The fourth-order valence-electron chi connectivity index (χ4n) is 2.68. The number of methoxy groups -OCH3 is 1. The highest BCUT2D eigenvalue weighted by atomic mass is 32.1. The molecule has 142 valence electrons. The van der Waals surface area contributed by atoms with Gasteiger partial charge in [0.25, 0.3) is 0 Å². The lowest BCUT2D eigenvalue weighted by atomic mass is 10.0. The molecule has 0 radical (unpaired) electrons. The zero-order valence-corrected chi connectivity index (χ0v) is 16.1. The van der Waals surface area contributed by atoms with E-state index < -0.39 is 0 Å². The molecule has 7 heteroatoms. The van der Waals surface area contributed by atoms with Gasteiger partial charge >= 0.3 is 0 Å². The molecule has 0 spiro atoms. The van der Waals surface area contributed by atoms with Gasteiger partial charge in [-0.05, 0) is 11.6 Å². The average Bonchev–Trinajstić information content (AvgIpc) is 3.11. The van der Waals surface area contributed by atoms with E-state index in [9.17, 15) is 9.59 Å². The van der Waals surface area contributed by atoms with Crippen LogP contribution in [-0.2, 0) is 16.0 Å².